The van der Waals surface area contributed by atoms with Gasteiger partial charge in [-0.15, -0.1) is 11.3 Å². The van der Waals surface area contributed by atoms with Gasteiger partial charge < -0.3 is 15.0 Å². The molecule has 2 amide bonds. The first-order chi connectivity index (χ1) is 11.5. The Labute approximate surface area is 147 Å². The molecule has 7 heteroatoms. The lowest BCUT2D eigenvalue weighted by Crippen LogP contribution is -2.46. The van der Waals surface area contributed by atoms with E-state index >= 15 is 0 Å². The number of nitrogens with one attached hydrogen (secondary N) is 1. The molecule has 2 atom stereocenters. The summed E-state index contributed by atoms with van der Waals surface area (Å²) in [5.74, 6) is -0.234. The number of likely N-dealkylation sites (N-methyl/N-ethyl adjacent to an activating group) is 1. The minimum absolute atomic E-state index is 0.0857. The molecule has 0 saturated carbocycles. The van der Waals surface area contributed by atoms with Crippen molar-refractivity contribution in [2.75, 3.05) is 39.8 Å². The summed E-state index contributed by atoms with van der Waals surface area (Å²) in [5, 5.41) is 4.74. The third-order valence-corrected chi connectivity index (χ3v) is 4.79. The highest BCUT2D eigenvalue weighted by molar-refractivity contribution is 7.12. The van der Waals surface area contributed by atoms with Crippen LogP contribution in [0.1, 0.15) is 29.9 Å². The van der Waals surface area contributed by atoms with Gasteiger partial charge in [-0.05, 0) is 31.7 Å². The van der Waals surface area contributed by atoms with Crippen LogP contribution in [0.2, 0.25) is 0 Å². The number of amides is 2. The number of carbonyl (C=O) groups excluding carboxylic acids is 2. The number of thiophene rings is 1. The van der Waals surface area contributed by atoms with Crippen molar-refractivity contribution in [1.29, 1.82) is 0 Å². The van der Waals surface area contributed by atoms with E-state index in [0.29, 0.717) is 11.4 Å². The number of hydrogen-bond acceptors (Lipinski definition) is 5. The molecule has 1 aromatic heterocycles. The second-order valence-electron chi connectivity index (χ2n) is 6.36. The lowest BCUT2D eigenvalue weighted by molar-refractivity contribution is -0.121. The van der Waals surface area contributed by atoms with Gasteiger partial charge in [0.1, 0.15) is 0 Å². The molecule has 6 nitrogen and oxygen atoms in total. The van der Waals surface area contributed by atoms with Crippen LogP contribution in [0.3, 0.4) is 0 Å². The summed E-state index contributed by atoms with van der Waals surface area (Å²) in [6.07, 6.45) is 1.42. The van der Waals surface area contributed by atoms with E-state index in [0.717, 1.165) is 26.1 Å². The maximum absolute atomic E-state index is 12.1. The van der Waals surface area contributed by atoms with Gasteiger partial charge in [0.2, 0.25) is 5.91 Å². The molecule has 1 aliphatic rings. The Morgan fingerprint density at radius 1 is 1.38 bits per heavy atom. The fraction of sp³-hybridized carbons (Fsp3) is 0.647. The largest absolute Gasteiger partial charge is 0.373 e. The van der Waals surface area contributed by atoms with Crippen molar-refractivity contribution >= 4 is 23.2 Å². The molecule has 0 aliphatic carbocycles. The van der Waals surface area contributed by atoms with Crippen molar-refractivity contribution < 1.29 is 14.3 Å². The summed E-state index contributed by atoms with van der Waals surface area (Å²) in [5.41, 5.74) is 0. The molecule has 1 N–H and O–H groups in total. The van der Waals surface area contributed by atoms with Crippen LogP contribution in [0, 0.1) is 0 Å². The molecule has 0 spiro atoms. The molecule has 24 heavy (non-hydrogen) atoms. The predicted octanol–water partition coefficient (Wildman–Crippen LogP) is 1.44. The van der Waals surface area contributed by atoms with Crippen LogP contribution in [-0.2, 0) is 9.53 Å². The molecule has 0 aromatic carbocycles. The Bertz CT molecular complexity index is 525. The summed E-state index contributed by atoms with van der Waals surface area (Å²) < 4.78 is 5.71. The highest BCUT2D eigenvalue weighted by atomic mass is 32.1. The van der Waals surface area contributed by atoms with Crippen LogP contribution in [0.5, 0.6) is 0 Å². The van der Waals surface area contributed by atoms with Crippen LogP contribution in [-0.4, -0.2) is 73.6 Å². The van der Waals surface area contributed by atoms with E-state index in [-0.39, 0.29) is 30.6 Å². The van der Waals surface area contributed by atoms with Crippen LogP contribution in [0.4, 0.5) is 0 Å². The minimum atomic E-state index is -0.119. The monoisotopic (exact) mass is 353 g/mol. The van der Waals surface area contributed by atoms with Gasteiger partial charge >= 0.3 is 0 Å². The highest BCUT2D eigenvalue weighted by Crippen LogP contribution is 2.11. The van der Waals surface area contributed by atoms with E-state index in [1.807, 2.05) is 11.4 Å². The first-order valence-corrected chi connectivity index (χ1v) is 9.27. The first-order valence-electron chi connectivity index (χ1n) is 8.39. The maximum Gasteiger partial charge on any atom is 0.264 e. The van der Waals surface area contributed by atoms with Crippen LogP contribution >= 0.6 is 11.3 Å². The zero-order valence-corrected chi connectivity index (χ0v) is 15.5. The number of nitrogens with zero attached hydrogens (tertiary/aromatic N) is 2. The standard InChI is InChI=1S/C17H27N3O3S/c1-13-10-20(11-14(2)23-13)8-5-7-18-16(21)12-19(3)17(22)15-6-4-9-24-15/h4,6,9,13-14H,5,7-8,10-12H2,1-3H3,(H,18,21). The fourth-order valence-corrected chi connectivity index (χ4v) is 3.65. The van der Waals surface area contributed by atoms with Crippen molar-refractivity contribution in [1.82, 2.24) is 15.1 Å². The third kappa shape index (κ3) is 5.89. The highest BCUT2D eigenvalue weighted by Gasteiger charge is 2.21. The second-order valence-corrected chi connectivity index (χ2v) is 7.31. The zero-order chi connectivity index (χ0) is 17.5. The smallest absolute Gasteiger partial charge is 0.264 e. The molecule has 1 fully saturated rings. The number of morpholine rings is 1. The third-order valence-electron chi connectivity index (χ3n) is 3.93. The van der Waals surface area contributed by atoms with Crippen molar-refractivity contribution in [2.45, 2.75) is 32.5 Å². The Morgan fingerprint density at radius 3 is 2.71 bits per heavy atom. The molecule has 2 rings (SSSR count). The summed E-state index contributed by atoms with van der Waals surface area (Å²) in [4.78, 5) is 28.5. The van der Waals surface area contributed by atoms with E-state index in [1.165, 1.54) is 16.2 Å². The number of hydrogen-bond donors (Lipinski definition) is 1. The summed E-state index contributed by atoms with van der Waals surface area (Å²) in [7, 11) is 1.65. The summed E-state index contributed by atoms with van der Waals surface area (Å²) >= 11 is 1.39. The van der Waals surface area contributed by atoms with Gasteiger partial charge in [0, 0.05) is 33.2 Å². The van der Waals surface area contributed by atoms with Crippen molar-refractivity contribution in [3.05, 3.63) is 22.4 Å². The molecule has 0 bridgehead atoms. The zero-order valence-electron chi connectivity index (χ0n) is 14.7. The lowest BCUT2D eigenvalue weighted by atomic mass is 10.2. The van der Waals surface area contributed by atoms with Crippen LogP contribution < -0.4 is 5.32 Å². The average Bonchev–Trinajstić information content (AvgIpc) is 3.04. The normalized spacial score (nSPS) is 21.5. The Kier molecular flexibility index (Phi) is 7.20. The van der Waals surface area contributed by atoms with E-state index in [2.05, 4.69) is 24.1 Å². The Hall–Kier alpha value is -1.44. The Balaban J connectivity index is 1.62. The molecule has 2 heterocycles. The van der Waals surface area contributed by atoms with Crippen molar-refractivity contribution in [3.63, 3.8) is 0 Å². The minimum Gasteiger partial charge on any atom is -0.373 e. The quantitative estimate of drug-likeness (QED) is 0.754. The summed E-state index contributed by atoms with van der Waals surface area (Å²) in [6.45, 7) is 7.72. The number of ether oxygens (including phenoxy) is 1. The van der Waals surface area contributed by atoms with Crippen LogP contribution in [0.15, 0.2) is 17.5 Å². The van der Waals surface area contributed by atoms with Gasteiger partial charge in [-0.2, -0.15) is 0 Å². The topological polar surface area (TPSA) is 61.9 Å². The molecule has 1 saturated heterocycles. The number of rotatable bonds is 7. The van der Waals surface area contributed by atoms with Gasteiger partial charge in [0.05, 0.1) is 23.6 Å². The fourth-order valence-electron chi connectivity index (χ4n) is 2.93. The predicted molar refractivity (Wildman–Crippen MR) is 95.4 cm³/mol. The first kappa shape index (κ1) is 18.9. The van der Waals surface area contributed by atoms with E-state index in [9.17, 15) is 9.59 Å². The van der Waals surface area contributed by atoms with Crippen LogP contribution in [0.25, 0.3) is 0 Å². The van der Waals surface area contributed by atoms with Crippen molar-refractivity contribution in [2.24, 2.45) is 0 Å². The second kappa shape index (κ2) is 9.15. The lowest BCUT2D eigenvalue weighted by Gasteiger charge is -2.35. The molecule has 1 aliphatic heterocycles. The summed E-state index contributed by atoms with van der Waals surface area (Å²) in [6, 6.07) is 3.60. The van der Waals surface area contributed by atoms with Gasteiger partial charge in [0.15, 0.2) is 0 Å². The number of carbonyl (C=O) groups is 2. The molecule has 2 unspecified atom stereocenters. The van der Waals surface area contributed by atoms with Gasteiger partial charge in [-0.3, -0.25) is 14.5 Å². The van der Waals surface area contributed by atoms with Gasteiger partial charge in [0.25, 0.3) is 5.91 Å². The van der Waals surface area contributed by atoms with E-state index < -0.39 is 0 Å². The molecule has 1 aromatic rings. The van der Waals surface area contributed by atoms with Crippen molar-refractivity contribution in [3.8, 4) is 0 Å². The molecule has 0 radical (unpaired) electrons. The SMILES string of the molecule is CC1CN(CCCNC(=O)CN(C)C(=O)c2cccs2)CC(C)O1. The Morgan fingerprint density at radius 2 is 2.08 bits per heavy atom. The maximum atomic E-state index is 12.1. The van der Waals surface area contributed by atoms with E-state index in [1.54, 1.807) is 13.1 Å². The molecular formula is C17H27N3O3S. The average molecular weight is 353 g/mol. The van der Waals surface area contributed by atoms with Gasteiger partial charge in [-0.25, -0.2) is 0 Å². The van der Waals surface area contributed by atoms with E-state index in [4.69, 9.17) is 4.74 Å². The molecular weight excluding hydrogens is 326 g/mol. The molecule has 134 valence electrons. The van der Waals surface area contributed by atoms with Gasteiger partial charge in [-0.1, -0.05) is 6.07 Å².